The van der Waals surface area contributed by atoms with Gasteiger partial charge in [-0.3, -0.25) is 4.79 Å². The number of halogens is 1. The molecule has 0 aliphatic heterocycles. The first-order valence-electron chi connectivity index (χ1n) is 7.43. The Hall–Kier alpha value is -1.82. The Morgan fingerprint density at radius 3 is 2.77 bits per heavy atom. The van der Waals surface area contributed by atoms with Crippen molar-refractivity contribution >= 4 is 23.4 Å². The SMILES string of the molecule is O=C(CSc1nccn1C1CCCC1)Nc1ccc(F)cc1. The number of hydrogen-bond acceptors (Lipinski definition) is 3. The van der Waals surface area contributed by atoms with Gasteiger partial charge in [-0.1, -0.05) is 24.6 Å². The Balaban J connectivity index is 1.55. The fraction of sp³-hybridized carbons (Fsp3) is 0.375. The molecule has 0 bridgehead atoms. The van der Waals surface area contributed by atoms with Crippen LogP contribution in [0.15, 0.2) is 41.8 Å². The van der Waals surface area contributed by atoms with Crippen LogP contribution < -0.4 is 5.32 Å². The molecule has 3 rings (SSSR count). The minimum absolute atomic E-state index is 0.113. The predicted molar refractivity (Wildman–Crippen MR) is 85.5 cm³/mol. The Kier molecular flexibility index (Phi) is 4.77. The molecule has 1 fully saturated rings. The maximum absolute atomic E-state index is 12.8. The zero-order valence-electron chi connectivity index (χ0n) is 12.2. The molecular formula is C16H18FN3OS. The van der Waals surface area contributed by atoms with E-state index in [-0.39, 0.29) is 11.7 Å². The van der Waals surface area contributed by atoms with Gasteiger partial charge in [0, 0.05) is 24.1 Å². The van der Waals surface area contributed by atoms with Crippen molar-refractivity contribution in [1.82, 2.24) is 9.55 Å². The molecule has 0 radical (unpaired) electrons. The zero-order chi connectivity index (χ0) is 15.4. The van der Waals surface area contributed by atoms with Gasteiger partial charge >= 0.3 is 0 Å². The first-order chi connectivity index (χ1) is 10.7. The van der Waals surface area contributed by atoms with E-state index in [0.717, 1.165) is 5.16 Å². The smallest absolute Gasteiger partial charge is 0.234 e. The lowest BCUT2D eigenvalue weighted by atomic mass is 10.2. The van der Waals surface area contributed by atoms with E-state index in [9.17, 15) is 9.18 Å². The fourth-order valence-corrected chi connectivity index (χ4v) is 3.56. The number of imidazole rings is 1. The molecule has 1 N–H and O–H groups in total. The zero-order valence-corrected chi connectivity index (χ0v) is 13.0. The van der Waals surface area contributed by atoms with Crippen molar-refractivity contribution in [3.05, 3.63) is 42.5 Å². The van der Waals surface area contributed by atoms with Gasteiger partial charge in [0.25, 0.3) is 0 Å². The van der Waals surface area contributed by atoms with Gasteiger partial charge in [-0.2, -0.15) is 0 Å². The van der Waals surface area contributed by atoms with Crippen LogP contribution in [0.1, 0.15) is 31.7 Å². The first-order valence-corrected chi connectivity index (χ1v) is 8.42. The molecule has 22 heavy (non-hydrogen) atoms. The van der Waals surface area contributed by atoms with Gasteiger partial charge < -0.3 is 9.88 Å². The molecule has 1 heterocycles. The Labute approximate surface area is 133 Å². The summed E-state index contributed by atoms with van der Waals surface area (Å²) in [5, 5.41) is 3.65. The second kappa shape index (κ2) is 6.96. The molecule has 1 saturated carbocycles. The van der Waals surface area contributed by atoms with Crippen molar-refractivity contribution in [2.45, 2.75) is 36.9 Å². The van der Waals surface area contributed by atoms with Crippen LogP contribution in [0.25, 0.3) is 0 Å². The molecular weight excluding hydrogens is 301 g/mol. The maximum Gasteiger partial charge on any atom is 0.234 e. The number of hydrogen-bond donors (Lipinski definition) is 1. The number of anilines is 1. The van der Waals surface area contributed by atoms with Crippen LogP contribution in [0, 0.1) is 5.82 Å². The normalized spacial score (nSPS) is 15.1. The molecule has 116 valence electrons. The lowest BCUT2D eigenvalue weighted by molar-refractivity contribution is -0.113. The lowest BCUT2D eigenvalue weighted by Crippen LogP contribution is -2.15. The second-order valence-corrected chi connectivity index (χ2v) is 6.34. The highest BCUT2D eigenvalue weighted by atomic mass is 32.2. The van der Waals surface area contributed by atoms with Gasteiger partial charge in [0.15, 0.2) is 5.16 Å². The second-order valence-electron chi connectivity index (χ2n) is 5.40. The third-order valence-corrected chi connectivity index (χ3v) is 4.79. The standard InChI is InChI=1S/C16H18FN3OS/c17-12-5-7-13(8-6-12)19-15(21)11-22-16-18-9-10-20(16)14-3-1-2-4-14/h5-10,14H,1-4,11H2,(H,19,21). The molecule has 1 aliphatic carbocycles. The molecule has 1 amide bonds. The van der Waals surface area contributed by atoms with Crippen LogP contribution in [0.4, 0.5) is 10.1 Å². The van der Waals surface area contributed by atoms with E-state index < -0.39 is 0 Å². The van der Waals surface area contributed by atoms with Gasteiger partial charge in [-0.05, 0) is 37.1 Å². The highest BCUT2D eigenvalue weighted by Gasteiger charge is 2.19. The largest absolute Gasteiger partial charge is 0.325 e. The third-order valence-electron chi connectivity index (χ3n) is 3.81. The molecule has 0 atom stereocenters. The van der Waals surface area contributed by atoms with Crippen molar-refractivity contribution in [1.29, 1.82) is 0 Å². The summed E-state index contributed by atoms with van der Waals surface area (Å²) in [5.74, 6) is -0.135. The van der Waals surface area contributed by atoms with Crippen LogP contribution in [-0.4, -0.2) is 21.2 Å². The molecule has 6 heteroatoms. The summed E-state index contributed by atoms with van der Waals surface area (Å²) in [6.07, 6.45) is 8.68. The maximum atomic E-state index is 12.8. The van der Waals surface area contributed by atoms with E-state index in [1.165, 1.54) is 49.6 Å². The van der Waals surface area contributed by atoms with E-state index in [4.69, 9.17) is 0 Å². The quantitative estimate of drug-likeness (QED) is 0.851. The summed E-state index contributed by atoms with van der Waals surface area (Å²) in [6, 6.07) is 6.28. The predicted octanol–water partition coefficient (Wildman–Crippen LogP) is 3.87. The summed E-state index contributed by atoms with van der Waals surface area (Å²) in [5.41, 5.74) is 0.603. The number of benzene rings is 1. The van der Waals surface area contributed by atoms with Crippen LogP contribution in [0.3, 0.4) is 0 Å². The van der Waals surface area contributed by atoms with Gasteiger partial charge in [0.05, 0.1) is 5.75 Å². The van der Waals surface area contributed by atoms with Crippen LogP contribution in [0.2, 0.25) is 0 Å². The minimum atomic E-state index is -0.314. The summed E-state index contributed by atoms with van der Waals surface area (Å²) in [6.45, 7) is 0. The molecule has 0 spiro atoms. The molecule has 4 nitrogen and oxygen atoms in total. The Morgan fingerprint density at radius 2 is 2.05 bits per heavy atom. The highest BCUT2D eigenvalue weighted by molar-refractivity contribution is 7.99. The average Bonchev–Trinajstić information content (AvgIpc) is 3.18. The lowest BCUT2D eigenvalue weighted by Gasteiger charge is -2.14. The molecule has 0 unspecified atom stereocenters. The molecule has 1 aliphatic rings. The number of amides is 1. The van der Waals surface area contributed by atoms with Crippen molar-refractivity contribution in [2.24, 2.45) is 0 Å². The summed E-state index contributed by atoms with van der Waals surface area (Å²) in [4.78, 5) is 16.3. The van der Waals surface area contributed by atoms with Crippen LogP contribution >= 0.6 is 11.8 Å². The van der Waals surface area contributed by atoms with E-state index in [0.29, 0.717) is 17.5 Å². The van der Waals surface area contributed by atoms with Crippen molar-refractivity contribution in [3.63, 3.8) is 0 Å². The number of nitrogens with one attached hydrogen (secondary N) is 1. The number of nitrogens with zero attached hydrogens (tertiary/aromatic N) is 2. The summed E-state index contributed by atoms with van der Waals surface area (Å²) < 4.78 is 15.0. The fourth-order valence-electron chi connectivity index (χ4n) is 2.73. The van der Waals surface area contributed by atoms with E-state index in [1.54, 1.807) is 18.3 Å². The van der Waals surface area contributed by atoms with E-state index >= 15 is 0 Å². The number of rotatable bonds is 5. The van der Waals surface area contributed by atoms with Gasteiger partial charge in [0.1, 0.15) is 5.82 Å². The average molecular weight is 319 g/mol. The van der Waals surface area contributed by atoms with Gasteiger partial charge in [-0.25, -0.2) is 9.37 Å². The van der Waals surface area contributed by atoms with Crippen molar-refractivity contribution in [2.75, 3.05) is 11.1 Å². The Morgan fingerprint density at radius 1 is 1.32 bits per heavy atom. The van der Waals surface area contributed by atoms with Crippen LogP contribution in [-0.2, 0) is 4.79 Å². The minimum Gasteiger partial charge on any atom is -0.325 e. The van der Waals surface area contributed by atoms with Gasteiger partial charge in [-0.15, -0.1) is 0 Å². The number of thioether (sulfide) groups is 1. The first kappa shape index (κ1) is 15.1. The summed E-state index contributed by atoms with van der Waals surface area (Å²) >= 11 is 1.44. The number of aromatic nitrogens is 2. The van der Waals surface area contributed by atoms with Crippen LogP contribution in [0.5, 0.6) is 0 Å². The van der Waals surface area contributed by atoms with Crippen molar-refractivity contribution in [3.8, 4) is 0 Å². The molecule has 2 aromatic rings. The van der Waals surface area contributed by atoms with E-state index in [1.807, 2.05) is 6.20 Å². The van der Waals surface area contributed by atoms with Crippen molar-refractivity contribution < 1.29 is 9.18 Å². The Bertz CT molecular complexity index is 635. The van der Waals surface area contributed by atoms with E-state index in [2.05, 4.69) is 14.9 Å². The third kappa shape index (κ3) is 3.68. The van der Waals surface area contributed by atoms with Gasteiger partial charge in [0.2, 0.25) is 5.91 Å². The monoisotopic (exact) mass is 319 g/mol. The number of carbonyl (C=O) groups excluding carboxylic acids is 1. The molecule has 0 saturated heterocycles. The number of carbonyl (C=O) groups is 1. The topological polar surface area (TPSA) is 46.9 Å². The highest BCUT2D eigenvalue weighted by Crippen LogP contribution is 2.32. The molecule has 1 aromatic carbocycles. The molecule has 1 aromatic heterocycles. The summed E-state index contributed by atoms with van der Waals surface area (Å²) in [7, 11) is 0.